The molecule has 1 aromatic carbocycles. The quantitative estimate of drug-likeness (QED) is 0.143. The van der Waals surface area contributed by atoms with Crippen molar-refractivity contribution in [1.82, 2.24) is 106 Å². The Balaban J connectivity index is 0.0000000830. The molecule has 0 bridgehead atoms. The molecule has 0 saturated heterocycles. The third-order valence-electron chi connectivity index (χ3n) is 19.8. The molecule has 490 valence electrons. The van der Waals surface area contributed by atoms with Crippen LogP contribution < -0.4 is 22.8 Å². The van der Waals surface area contributed by atoms with Crippen LogP contribution in [0.25, 0.3) is 146 Å². The van der Waals surface area contributed by atoms with Crippen molar-refractivity contribution in [3.05, 3.63) is 249 Å². The number of para-hydroxylation sites is 1. The Morgan fingerprint density at radius 3 is 1.65 bits per heavy atom. The van der Waals surface area contributed by atoms with E-state index >= 15 is 0 Å². The molecule has 26 rings (SSSR count). The highest BCUT2D eigenvalue weighted by Crippen LogP contribution is 2.39. The number of pyridine rings is 5. The van der Waals surface area contributed by atoms with Gasteiger partial charge in [0.25, 0.3) is 44.8 Å². The molecule has 103 heavy (non-hydrogen) atoms. The Morgan fingerprint density at radius 2 is 0.990 bits per heavy atom. The van der Waals surface area contributed by atoms with Crippen LogP contribution >= 0.6 is 11.3 Å². The first-order valence-electron chi connectivity index (χ1n) is 34.6. The van der Waals surface area contributed by atoms with Gasteiger partial charge in [-0.25, -0.2) is 55.7 Å². The Hall–Kier alpha value is -14.1. The Morgan fingerprint density at radius 1 is 0.466 bits per heavy atom. The number of imidazole rings is 7. The van der Waals surface area contributed by atoms with Gasteiger partial charge >= 0.3 is 34.5 Å². The molecule has 28 nitrogen and oxygen atoms in total. The van der Waals surface area contributed by atoms with Crippen LogP contribution in [0.4, 0.5) is 0 Å². The third-order valence-corrected chi connectivity index (χ3v) is 21.0. The molecule has 0 saturated carbocycles. The first-order valence-corrected chi connectivity index (χ1v) is 33.9. The SMILES string of the molecule is C[n+]1c2n(c3nc4ncccn4c31)Cc1ccncc1-2.[2H]C([2H])([2H])[n+]1c2n(c3nc4ncccn4c31)Cc1ccncc1-2.c1ccc(-n2c3[n+](c4nc5ncccn5c42)Cc2ccncc2-3)cc1.c1cnc2nc3c(oc4[n+]3Cc3ccncc3-4)n2c1.c1cnn2cc3c(sc4[n+]3Cc3ccncc3-4)c2c1. The van der Waals surface area contributed by atoms with E-state index in [1.807, 2.05) is 144 Å². The van der Waals surface area contributed by atoms with Crippen molar-refractivity contribution in [2.45, 2.75) is 32.7 Å². The molecule has 0 fully saturated rings. The van der Waals surface area contributed by atoms with E-state index in [1.54, 1.807) is 60.0 Å². The van der Waals surface area contributed by atoms with Gasteiger partial charge in [-0.05, 0) is 78.9 Å². The summed E-state index contributed by atoms with van der Waals surface area (Å²) in [6.45, 7) is 1.59. The van der Waals surface area contributed by atoms with Gasteiger partial charge in [-0.15, -0.1) is 0 Å². The van der Waals surface area contributed by atoms with E-state index in [0.29, 0.717) is 41.0 Å². The second-order valence-electron chi connectivity index (χ2n) is 25.3. The summed E-state index contributed by atoms with van der Waals surface area (Å²) in [7, 11) is 2.07. The number of hydrogen-bond acceptors (Lipinski definition) is 16. The van der Waals surface area contributed by atoms with Gasteiger partial charge in [0.05, 0.1) is 83.5 Å². The molecular weight excluding hydrogens is 1320 g/mol. The molecule has 5 aliphatic rings. The molecular formula is C74H52N27OS+5. The zero-order valence-electron chi connectivity index (χ0n) is 57.2. The predicted molar refractivity (Wildman–Crippen MR) is 375 cm³/mol. The van der Waals surface area contributed by atoms with Crippen LogP contribution in [0, 0.1) is 0 Å². The second-order valence-corrected chi connectivity index (χ2v) is 26.3. The maximum Gasteiger partial charge on any atom is 0.392 e. The minimum atomic E-state index is -2.33. The number of rotatable bonds is 1. The van der Waals surface area contributed by atoms with Crippen molar-refractivity contribution in [3.8, 4) is 61.9 Å². The fraction of sp³-hybridized carbons (Fsp3) is 0.0946. The standard InChI is InChI=1S/C19H13N6.2C14H11N6.C14H9N4S.C13H8N5O/c1-2-5-14(6-3-1)25-17-15-11-20-9-7-13(15)12-24(17)16-18(25)23-10-4-8-21-19(23)22-16;2*1-18-12-10-7-15-5-3-9(10)8-20(12)11-13(18)19-6-2-4-16-14(19)17-11;1-2-11-13-12(8-18(11)16-4-1)17-7-9-3-5-15-6-10(9)14(17)19-13;1-3-15-13-16-10-12(17(13)5-1)19-11-9-6-14-4-2-8(9)7-18(10)11/h1-11H,12H2;2*2-7H,8H2,1H3;1-6,8H,7H2;1-6H,7H2/q5*+1/i;1D3;;;. The summed E-state index contributed by atoms with van der Waals surface area (Å²) in [6, 6.07) is 32.1. The molecule has 0 spiro atoms. The number of oxazole rings is 1. The van der Waals surface area contributed by atoms with Crippen molar-refractivity contribution in [1.29, 1.82) is 0 Å². The van der Waals surface area contributed by atoms with Gasteiger partial charge in [-0.1, -0.05) is 34.5 Å². The smallest absolute Gasteiger partial charge is 0.392 e. The summed E-state index contributed by atoms with van der Waals surface area (Å²) < 4.78 is 57.5. The van der Waals surface area contributed by atoms with Gasteiger partial charge in [0, 0.05) is 138 Å². The number of thiazole rings is 1. The average Bonchev–Trinajstić information content (AvgIpc) is 1.55. The van der Waals surface area contributed by atoms with Crippen LogP contribution in [0.15, 0.2) is 225 Å². The molecule has 0 unspecified atom stereocenters. The minimum absolute atomic E-state index is 0.486. The fourth-order valence-electron chi connectivity index (χ4n) is 15.3. The van der Waals surface area contributed by atoms with Crippen molar-refractivity contribution in [3.63, 3.8) is 0 Å². The molecule has 0 aliphatic carbocycles. The summed E-state index contributed by atoms with van der Waals surface area (Å²) in [4.78, 5) is 56.8. The number of aryl methyl sites for hydroxylation is 2. The van der Waals surface area contributed by atoms with E-state index in [9.17, 15) is 0 Å². The van der Waals surface area contributed by atoms with Crippen LogP contribution in [-0.4, -0.2) is 106 Å². The van der Waals surface area contributed by atoms with E-state index in [-0.39, 0.29) is 0 Å². The van der Waals surface area contributed by atoms with Crippen LogP contribution in [0.3, 0.4) is 0 Å². The van der Waals surface area contributed by atoms with Crippen LogP contribution in [-0.2, 0) is 46.7 Å². The Labute approximate surface area is 587 Å². The van der Waals surface area contributed by atoms with Crippen molar-refractivity contribution < 1.29 is 31.4 Å². The molecule has 5 aliphatic heterocycles. The van der Waals surface area contributed by atoms with Crippen molar-refractivity contribution in [2.24, 2.45) is 14.0 Å². The van der Waals surface area contributed by atoms with E-state index in [1.165, 1.54) is 58.7 Å². The van der Waals surface area contributed by atoms with Gasteiger partial charge in [0.2, 0.25) is 23.0 Å². The van der Waals surface area contributed by atoms with Gasteiger partial charge in [-0.2, -0.15) is 38.0 Å². The molecule has 20 aromatic heterocycles. The van der Waals surface area contributed by atoms with Gasteiger partial charge < -0.3 is 4.42 Å². The molecule has 0 radical (unpaired) electrons. The summed E-state index contributed by atoms with van der Waals surface area (Å²) >= 11 is 1.83. The van der Waals surface area contributed by atoms with Gasteiger partial charge in [0.15, 0.2) is 6.54 Å². The van der Waals surface area contributed by atoms with E-state index in [4.69, 9.17) is 13.5 Å². The molecule has 0 amide bonds. The van der Waals surface area contributed by atoms with Crippen molar-refractivity contribution >= 4 is 95.4 Å². The molecule has 0 atom stereocenters. The maximum atomic E-state index is 8.00. The summed E-state index contributed by atoms with van der Waals surface area (Å²) in [5.41, 5.74) is 21.9. The first-order chi connectivity index (χ1) is 52.1. The summed E-state index contributed by atoms with van der Waals surface area (Å²) in [5, 5.41) is 5.67. The normalized spacial score (nSPS) is 13.5. The van der Waals surface area contributed by atoms with Crippen LogP contribution in [0.5, 0.6) is 0 Å². The lowest BCUT2D eigenvalue weighted by Crippen LogP contribution is -2.31. The number of benzene rings is 1. The minimum Gasteiger partial charge on any atom is -0.396 e. The fourth-order valence-corrected chi connectivity index (χ4v) is 16.6. The van der Waals surface area contributed by atoms with E-state index < -0.39 is 6.98 Å². The van der Waals surface area contributed by atoms with Gasteiger partial charge in [0.1, 0.15) is 23.1 Å². The van der Waals surface area contributed by atoms with E-state index in [0.717, 1.165) is 111 Å². The Bertz CT molecular complexity index is 7090. The van der Waals surface area contributed by atoms with Crippen LogP contribution in [0.1, 0.15) is 31.9 Å². The largest absolute Gasteiger partial charge is 0.396 e. The number of hydrogen-bond donors (Lipinski definition) is 0. The van der Waals surface area contributed by atoms with Crippen molar-refractivity contribution in [2.75, 3.05) is 0 Å². The lowest BCUT2D eigenvalue weighted by molar-refractivity contribution is -0.651. The molecule has 29 heteroatoms. The van der Waals surface area contributed by atoms with E-state index in [2.05, 4.69) is 154 Å². The molecule has 21 aromatic rings. The first kappa shape index (κ1) is 53.9. The lowest BCUT2D eigenvalue weighted by atomic mass is 10.2. The topological polar surface area (TPSA) is 250 Å². The predicted octanol–water partition coefficient (Wildman–Crippen LogP) is 7.70. The highest BCUT2D eigenvalue weighted by atomic mass is 32.1. The number of fused-ring (bicyclic) bond motifs is 35. The monoisotopic (exact) mass is 1370 g/mol. The summed E-state index contributed by atoms with van der Waals surface area (Å²) in [6.07, 6.45) is 37.0. The number of aromatic nitrogens is 27. The molecule has 0 N–H and O–H groups in total. The zero-order valence-corrected chi connectivity index (χ0v) is 55.0. The Kier molecular flexibility index (Phi) is 11.4. The average molecular weight is 1370 g/mol. The van der Waals surface area contributed by atoms with Crippen LogP contribution in [0.2, 0.25) is 0 Å². The highest BCUT2D eigenvalue weighted by molar-refractivity contribution is 7.22. The lowest BCUT2D eigenvalue weighted by Gasteiger charge is -2.03. The second kappa shape index (κ2) is 21.7. The van der Waals surface area contributed by atoms with Gasteiger partial charge in [-0.3, -0.25) is 24.9 Å². The maximum absolute atomic E-state index is 8.00. The zero-order chi connectivity index (χ0) is 70.2. The third kappa shape index (κ3) is 8.28. The highest BCUT2D eigenvalue weighted by Gasteiger charge is 2.40. The number of nitrogens with zero attached hydrogens (tertiary/aromatic N) is 27. The molecule has 25 heterocycles. The summed E-state index contributed by atoms with van der Waals surface area (Å²) in [5.74, 6) is 6.29.